The third-order valence-electron chi connectivity index (χ3n) is 2.06. The van der Waals surface area contributed by atoms with E-state index in [2.05, 4.69) is 0 Å². The number of halogens is 1. The molecule has 1 fully saturated rings. The van der Waals surface area contributed by atoms with E-state index >= 15 is 0 Å². The summed E-state index contributed by atoms with van der Waals surface area (Å²) in [5, 5.41) is 8.60. The zero-order chi connectivity index (χ0) is 8.43. The molecule has 1 aliphatic rings. The highest BCUT2D eigenvalue weighted by atomic mass is 19.1. The number of carbonyl (C=O) groups is 1. The van der Waals surface area contributed by atoms with Crippen molar-refractivity contribution in [2.75, 3.05) is 6.54 Å². The summed E-state index contributed by atoms with van der Waals surface area (Å²) in [6.07, 6.45) is -1.08. The lowest BCUT2D eigenvalue weighted by molar-refractivity contribution is 0.0848. The Morgan fingerprint density at radius 3 is 2.82 bits per heavy atom. The van der Waals surface area contributed by atoms with Crippen molar-refractivity contribution in [3.8, 4) is 0 Å². The van der Waals surface area contributed by atoms with E-state index in [0.717, 1.165) is 0 Å². The van der Waals surface area contributed by atoms with Gasteiger partial charge in [0.05, 0.1) is 0 Å². The minimum atomic E-state index is -0.940. The maximum atomic E-state index is 12.7. The highest BCUT2D eigenvalue weighted by Crippen LogP contribution is 2.19. The highest BCUT2D eigenvalue weighted by Gasteiger charge is 2.27. The maximum absolute atomic E-state index is 12.7. The lowest BCUT2D eigenvalue weighted by Crippen LogP contribution is -2.44. The van der Waals surface area contributed by atoms with Crippen LogP contribution in [0.4, 0.5) is 9.18 Å². The van der Waals surface area contributed by atoms with Gasteiger partial charge >= 0.3 is 6.09 Å². The number of likely N-dealkylation sites (tertiary alicyclic amines) is 1. The number of carboxylic acid groups (broad SMARTS) is 1. The van der Waals surface area contributed by atoms with E-state index in [1.807, 2.05) is 0 Å². The molecule has 1 aliphatic heterocycles. The summed E-state index contributed by atoms with van der Waals surface area (Å²) in [5.74, 6) is 0. The fourth-order valence-corrected chi connectivity index (χ4v) is 1.40. The van der Waals surface area contributed by atoms with Gasteiger partial charge in [-0.05, 0) is 19.8 Å². The van der Waals surface area contributed by atoms with Gasteiger partial charge in [-0.25, -0.2) is 9.18 Å². The van der Waals surface area contributed by atoms with Gasteiger partial charge in [0.2, 0.25) is 0 Å². The molecule has 2 unspecified atom stereocenters. The second-order valence-electron chi connectivity index (χ2n) is 2.95. The monoisotopic (exact) mass is 161 g/mol. The Kier molecular flexibility index (Phi) is 2.31. The van der Waals surface area contributed by atoms with Crippen LogP contribution in [0.3, 0.4) is 0 Å². The van der Waals surface area contributed by atoms with Crippen molar-refractivity contribution >= 4 is 6.09 Å². The van der Waals surface area contributed by atoms with E-state index in [-0.39, 0.29) is 6.04 Å². The van der Waals surface area contributed by atoms with Crippen molar-refractivity contribution in [1.82, 2.24) is 4.90 Å². The maximum Gasteiger partial charge on any atom is 0.407 e. The van der Waals surface area contributed by atoms with Crippen LogP contribution >= 0.6 is 0 Å². The molecule has 0 bridgehead atoms. The number of piperidine rings is 1. The lowest BCUT2D eigenvalue weighted by Gasteiger charge is -2.32. The molecule has 1 N–H and O–H groups in total. The first-order valence-corrected chi connectivity index (χ1v) is 3.75. The third kappa shape index (κ3) is 1.82. The summed E-state index contributed by atoms with van der Waals surface area (Å²) in [7, 11) is 0. The molecule has 0 aromatic carbocycles. The largest absolute Gasteiger partial charge is 0.465 e. The molecule has 0 saturated carbocycles. The van der Waals surface area contributed by atoms with E-state index in [1.165, 1.54) is 4.90 Å². The second kappa shape index (κ2) is 3.07. The fraction of sp³-hybridized carbons (Fsp3) is 0.857. The van der Waals surface area contributed by atoms with Crippen LogP contribution < -0.4 is 0 Å². The van der Waals surface area contributed by atoms with Gasteiger partial charge in [-0.3, -0.25) is 0 Å². The minimum Gasteiger partial charge on any atom is -0.465 e. The topological polar surface area (TPSA) is 40.5 Å². The Morgan fingerprint density at radius 2 is 2.36 bits per heavy atom. The fourth-order valence-electron chi connectivity index (χ4n) is 1.40. The smallest absolute Gasteiger partial charge is 0.407 e. The number of rotatable bonds is 0. The Hall–Kier alpha value is -0.800. The van der Waals surface area contributed by atoms with E-state index in [9.17, 15) is 9.18 Å². The number of nitrogens with zero attached hydrogens (tertiary/aromatic N) is 1. The quantitative estimate of drug-likeness (QED) is 0.584. The average molecular weight is 161 g/mol. The van der Waals surface area contributed by atoms with Crippen LogP contribution in [0.25, 0.3) is 0 Å². The van der Waals surface area contributed by atoms with Gasteiger partial charge in [0, 0.05) is 12.6 Å². The summed E-state index contributed by atoms with van der Waals surface area (Å²) >= 11 is 0. The minimum absolute atomic E-state index is 0.170. The van der Waals surface area contributed by atoms with Crippen LogP contribution in [0, 0.1) is 0 Å². The van der Waals surface area contributed by atoms with Crippen molar-refractivity contribution in [3.63, 3.8) is 0 Å². The normalized spacial score (nSPS) is 32.0. The number of hydrogen-bond acceptors (Lipinski definition) is 1. The average Bonchev–Trinajstić information content (AvgIpc) is 1.85. The van der Waals surface area contributed by atoms with Crippen LogP contribution in [0.2, 0.25) is 0 Å². The predicted molar refractivity (Wildman–Crippen MR) is 38.3 cm³/mol. The lowest BCUT2D eigenvalue weighted by atomic mass is 10.0. The molecular formula is C7H12FNO2. The first-order valence-electron chi connectivity index (χ1n) is 3.75. The molecule has 0 aromatic rings. The van der Waals surface area contributed by atoms with E-state index in [4.69, 9.17) is 5.11 Å². The summed E-state index contributed by atoms with van der Waals surface area (Å²) in [4.78, 5) is 11.8. The van der Waals surface area contributed by atoms with Crippen molar-refractivity contribution in [2.24, 2.45) is 0 Å². The zero-order valence-corrected chi connectivity index (χ0v) is 6.46. The summed E-state index contributed by atoms with van der Waals surface area (Å²) in [6.45, 7) is 2.07. The van der Waals surface area contributed by atoms with Gasteiger partial charge in [-0.2, -0.15) is 0 Å². The Balaban J connectivity index is 2.50. The van der Waals surface area contributed by atoms with Crippen LogP contribution in [0.1, 0.15) is 19.8 Å². The molecule has 1 amide bonds. The summed E-state index contributed by atoms with van der Waals surface area (Å²) < 4.78 is 12.7. The van der Waals surface area contributed by atoms with E-state index in [0.29, 0.717) is 19.4 Å². The molecule has 3 nitrogen and oxygen atoms in total. The summed E-state index contributed by atoms with van der Waals surface area (Å²) in [6, 6.07) is -0.170. The van der Waals surface area contributed by atoms with Gasteiger partial charge in [0.25, 0.3) is 0 Å². The second-order valence-corrected chi connectivity index (χ2v) is 2.95. The molecule has 0 aliphatic carbocycles. The van der Waals surface area contributed by atoms with Crippen molar-refractivity contribution in [3.05, 3.63) is 0 Å². The van der Waals surface area contributed by atoms with Gasteiger partial charge in [0.15, 0.2) is 0 Å². The number of hydrogen-bond donors (Lipinski definition) is 1. The molecule has 4 heteroatoms. The SMILES string of the molecule is CC1CC(F)CCN1C(=O)O. The van der Waals surface area contributed by atoms with Crippen LogP contribution in [0.15, 0.2) is 0 Å². The first-order chi connectivity index (χ1) is 5.11. The summed E-state index contributed by atoms with van der Waals surface area (Å²) in [5.41, 5.74) is 0. The van der Waals surface area contributed by atoms with Gasteiger partial charge in [-0.1, -0.05) is 0 Å². The molecule has 0 aromatic heterocycles. The molecule has 2 atom stereocenters. The molecule has 11 heavy (non-hydrogen) atoms. The number of amides is 1. The Labute approximate surface area is 64.8 Å². The molecule has 1 heterocycles. The number of alkyl halides is 1. The predicted octanol–water partition coefficient (Wildman–Crippen LogP) is 1.49. The standard InChI is InChI=1S/C7H12FNO2/c1-5-4-6(8)2-3-9(5)7(10)11/h5-6H,2-4H2,1H3,(H,10,11). The Morgan fingerprint density at radius 1 is 1.73 bits per heavy atom. The highest BCUT2D eigenvalue weighted by molar-refractivity contribution is 5.65. The van der Waals surface area contributed by atoms with Crippen molar-refractivity contribution in [2.45, 2.75) is 32.0 Å². The molecule has 1 saturated heterocycles. The van der Waals surface area contributed by atoms with E-state index < -0.39 is 12.3 Å². The van der Waals surface area contributed by atoms with Crippen molar-refractivity contribution in [1.29, 1.82) is 0 Å². The third-order valence-corrected chi connectivity index (χ3v) is 2.06. The molecular weight excluding hydrogens is 149 g/mol. The van der Waals surface area contributed by atoms with Gasteiger partial charge in [0.1, 0.15) is 6.17 Å². The van der Waals surface area contributed by atoms with Gasteiger partial charge < -0.3 is 10.0 Å². The van der Waals surface area contributed by atoms with Crippen LogP contribution in [0.5, 0.6) is 0 Å². The van der Waals surface area contributed by atoms with Crippen LogP contribution in [-0.2, 0) is 0 Å². The van der Waals surface area contributed by atoms with Gasteiger partial charge in [-0.15, -0.1) is 0 Å². The zero-order valence-electron chi connectivity index (χ0n) is 6.46. The van der Waals surface area contributed by atoms with Crippen molar-refractivity contribution < 1.29 is 14.3 Å². The molecule has 1 rings (SSSR count). The first kappa shape index (κ1) is 8.30. The molecule has 0 radical (unpaired) electrons. The Bertz CT molecular complexity index is 163. The molecule has 64 valence electrons. The van der Waals surface area contributed by atoms with Crippen LogP contribution in [-0.4, -0.2) is 34.9 Å². The molecule has 0 spiro atoms. The van der Waals surface area contributed by atoms with E-state index in [1.54, 1.807) is 6.92 Å².